The third-order valence-electron chi connectivity index (χ3n) is 4.99. The topological polar surface area (TPSA) is 86.2 Å². The van der Waals surface area contributed by atoms with Gasteiger partial charge in [0.05, 0.1) is 13.3 Å². The van der Waals surface area contributed by atoms with Gasteiger partial charge in [-0.15, -0.1) is 0 Å². The molecule has 3 atom stereocenters. The Morgan fingerprint density at radius 1 is 1.19 bits per heavy atom. The second-order valence-electron chi connectivity index (χ2n) is 6.88. The van der Waals surface area contributed by atoms with Crippen molar-refractivity contribution in [1.29, 1.82) is 0 Å². The van der Waals surface area contributed by atoms with Gasteiger partial charge in [0.15, 0.2) is 6.61 Å². The minimum Gasteiger partial charge on any atom is -0.497 e. The highest BCUT2D eigenvalue weighted by Gasteiger charge is 2.28. The van der Waals surface area contributed by atoms with E-state index in [2.05, 4.69) is 24.3 Å². The van der Waals surface area contributed by atoms with Crippen LogP contribution in [0.5, 0.6) is 5.75 Å². The predicted molar refractivity (Wildman–Crippen MR) is 102 cm³/mol. The number of amides is 1. The summed E-state index contributed by atoms with van der Waals surface area (Å²) in [4.78, 5) is 28.5. The highest BCUT2D eigenvalue weighted by molar-refractivity contribution is 5.81. The molecule has 0 heterocycles. The van der Waals surface area contributed by atoms with Gasteiger partial charge in [-0.2, -0.15) is 0 Å². The molecular formula is C20H28N2O5. The SMILES string of the molecule is COc1ccc(/C=N\OCC(=O)OCC(=O)N[C@H]2CCC[C@H](C)[C@H]2C)cc1. The second-order valence-corrected chi connectivity index (χ2v) is 6.88. The van der Waals surface area contributed by atoms with E-state index < -0.39 is 5.97 Å². The number of carbonyl (C=O) groups excluding carboxylic acids is 2. The second kappa shape index (κ2) is 10.5. The van der Waals surface area contributed by atoms with Crippen LogP contribution in [0.15, 0.2) is 29.4 Å². The smallest absolute Gasteiger partial charge is 0.347 e. The number of hydrogen-bond acceptors (Lipinski definition) is 6. The molecule has 7 heteroatoms. The average molecular weight is 376 g/mol. The van der Waals surface area contributed by atoms with Crippen molar-refractivity contribution in [1.82, 2.24) is 5.32 Å². The molecule has 0 saturated heterocycles. The summed E-state index contributed by atoms with van der Waals surface area (Å²) in [5.41, 5.74) is 0.805. The van der Waals surface area contributed by atoms with Crippen LogP contribution in [-0.2, 0) is 19.2 Å². The summed E-state index contributed by atoms with van der Waals surface area (Å²) >= 11 is 0. The number of carbonyl (C=O) groups is 2. The Morgan fingerprint density at radius 3 is 2.63 bits per heavy atom. The van der Waals surface area contributed by atoms with Crippen LogP contribution in [0.3, 0.4) is 0 Å². The molecule has 1 saturated carbocycles. The van der Waals surface area contributed by atoms with Crippen LogP contribution < -0.4 is 10.1 Å². The molecule has 7 nitrogen and oxygen atoms in total. The number of ether oxygens (including phenoxy) is 2. The van der Waals surface area contributed by atoms with Crippen molar-refractivity contribution in [2.45, 2.75) is 39.2 Å². The highest BCUT2D eigenvalue weighted by Crippen LogP contribution is 2.29. The van der Waals surface area contributed by atoms with E-state index in [1.165, 1.54) is 12.6 Å². The zero-order chi connectivity index (χ0) is 19.6. The Bertz CT molecular complexity index is 644. The van der Waals surface area contributed by atoms with Crippen molar-refractivity contribution in [3.63, 3.8) is 0 Å². The predicted octanol–water partition coefficient (Wildman–Crippen LogP) is 2.53. The van der Waals surface area contributed by atoms with Gasteiger partial charge >= 0.3 is 5.97 Å². The van der Waals surface area contributed by atoms with E-state index in [-0.39, 0.29) is 25.2 Å². The van der Waals surface area contributed by atoms with Gasteiger partial charge in [-0.05, 0) is 48.1 Å². The zero-order valence-electron chi connectivity index (χ0n) is 16.1. The summed E-state index contributed by atoms with van der Waals surface area (Å²) in [7, 11) is 1.59. The number of esters is 1. The number of benzene rings is 1. The first kappa shape index (κ1) is 20.7. The van der Waals surface area contributed by atoms with Crippen LogP contribution in [0.1, 0.15) is 38.7 Å². The number of nitrogens with one attached hydrogen (secondary N) is 1. The van der Waals surface area contributed by atoms with Crippen molar-refractivity contribution in [2.24, 2.45) is 17.0 Å². The fraction of sp³-hybridized carbons (Fsp3) is 0.550. The molecule has 2 rings (SSSR count). The van der Waals surface area contributed by atoms with Gasteiger partial charge in [0.25, 0.3) is 5.91 Å². The van der Waals surface area contributed by atoms with E-state index in [1.54, 1.807) is 19.2 Å². The highest BCUT2D eigenvalue weighted by atomic mass is 16.7. The fourth-order valence-electron chi connectivity index (χ4n) is 3.10. The van der Waals surface area contributed by atoms with E-state index in [9.17, 15) is 9.59 Å². The van der Waals surface area contributed by atoms with Gasteiger partial charge in [-0.1, -0.05) is 31.8 Å². The normalized spacial score (nSPS) is 22.3. The van der Waals surface area contributed by atoms with E-state index in [0.717, 1.165) is 24.2 Å². The molecule has 1 amide bonds. The van der Waals surface area contributed by atoms with E-state index in [4.69, 9.17) is 14.3 Å². The van der Waals surface area contributed by atoms with Gasteiger partial charge in [0, 0.05) is 6.04 Å². The van der Waals surface area contributed by atoms with Crippen molar-refractivity contribution < 1.29 is 23.9 Å². The maximum Gasteiger partial charge on any atom is 0.347 e. The molecule has 148 valence electrons. The molecule has 0 radical (unpaired) electrons. The number of methoxy groups -OCH3 is 1. The molecular weight excluding hydrogens is 348 g/mol. The Hall–Kier alpha value is -2.57. The van der Waals surface area contributed by atoms with Crippen LogP contribution in [0, 0.1) is 11.8 Å². The van der Waals surface area contributed by atoms with Gasteiger partial charge in [0.1, 0.15) is 5.75 Å². The van der Waals surface area contributed by atoms with Crippen LogP contribution in [-0.4, -0.2) is 44.5 Å². The Balaban J connectivity index is 1.63. The minimum absolute atomic E-state index is 0.144. The van der Waals surface area contributed by atoms with Crippen LogP contribution >= 0.6 is 0 Å². The molecule has 1 N–H and O–H groups in total. The molecule has 1 aromatic rings. The fourth-order valence-corrected chi connectivity index (χ4v) is 3.10. The lowest BCUT2D eigenvalue weighted by Gasteiger charge is -2.34. The first-order valence-electron chi connectivity index (χ1n) is 9.24. The molecule has 27 heavy (non-hydrogen) atoms. The molecule has 1 aromatic carbocycles. The van der Waals surface area contributed by atoms with Gasteiger partial charge in [-0.25, -0.2) is 4.79 Å². The monoisotopic (exact) mass is 376 g/mol. The molecule has 1 aliphatic rings. The lowest BCUT2D eigenvalue weighted by Crippen LogP contribution is -2.45. The minimum atomic E-state index is -0.637. The number of nitrogens with zero attached hydrogens (tertiary/aromatic N) is 1. The number of rotatable bonds is 8. The standard InChI is InChI=1S/C20H28N2O5/c1-14-5-4-6-18(15(14)2)22-19(23)12-26-20(24)13-27-21-11-16-7-9-17(25-3)10-8-16/h7-11,14-15,18H,4-6,12-13H2,1-3H3,(H,22,23)/b21-11-/t14-,15+,18-/m0/s1. The summed E-state index contributed by atoms with van der Waals surface area (Å²) in [6.45, 7) is 3.70. The molecule has 0 aliphatic heterocycles. The first-order valence-corrected chi connectivity index (χ1v) is 9.24. The molecule has 0 unspecified atom stereocenters. The largest absolute Gasteiger partial charge is 0.497 e. The van der Waals surface area contributed by atoms with Crippen LogP contribution in [0.25, 0.3) is 0 Å². The van der Waals surface area contributed by atoms with Crippen LogP contribution in [0.2, 0.25) is 0 Å². The summed E-state index contributed by atoms with van der Waals surface area (Å²) in [5, 5.41) is 6.66. The summed E-state index contributed by atoms with van der Waals surface area (Å²) in [6.07, 6.45) is 4.74. The third kappa shape index (κ3) is 6.92. The Kier molecular flexibility index (Phi) is 8.10. The number of oxime groups is 1. The lowest BCUT2D eigenvalue weighted by molar-refractivity contribution is -0.153. The van der Waals surface area contributed by atoms with Crippen LogP contribution in [0.4, 0.5) is 0 Å². The van der Waals surface area contributed by atoms with Crippen molar-refractivity contribution in [2.75, 3.05) is 20.3 Å². The zero-order valence-corrected chi connectivity index (χ0v) is 16.1. The first-order chi connectivity index (χ1) is 13.0. The van der Waals surface area contributed by atoms with Crippen molar-refractivity contribution in [3.05, 3.63) is 29.8 Å². The van der Waals surface area contributed by atoms with Gasteiger partial charge < -0.3 is 19.6 Å². The Labute approximate surface area is 160 Å². The molecule has 0 spiro atoms. The van der Waals surface area contributed by atoms with E-state index >= 15 is 0 Å². The molecule has 1 aliphatic carbocycles. The molecule has 0 aromatic heterocycles. The maximum absolute atomic E-state index is 12.0. The van der Waals surface area contributed by atoms with Crippen molar-refractivity contribution >= 4 is 18.1 Å². The third-order valence-corrected chi connectivity index (χ3v) is 4.99. The molecule has 1 fully saturated rings. The summed E-state index contributed by atoms with van der Waals surface area (Å²) in [6, 6.07) is 7.35. The van der Waals surface area contributed by atoms with Crippen molar-refractivity contribution in [3.8, 4) is 5.75 Å². The lowest BCUT2D eigenvalue weighted by atomic mass is 9.78. The van der Waals surface area contributed by atoms with Gasteiger partial charge in [0.2, 0.25) is 6.61 Å². The maximum atomic E-state index is 12.0. The Morgan fingerprint density at radius 2 is 1.93 bits per heavy atom. The molecule has 0 bridgehead atoms. The quantitative estimate of drug-likeness (QED) is 0.428. The van der Waals surface area contributed by atoms with E-state index in [0.29, 0.717) is 11.8 Å². The summed E-state index contributed by atoms with van der Waals surface area (Å²) < 4.78 is 9.99. The number of hydrogen-bond donors (Lipinski definition) is 1. The van der Waals surface area contributed by atoms with Gasteiger partial charge in [-0.3, -0.25) is 4.79 Å². The average Bonchev–Trinajstić information content (AvgIpc) is 2.67. The van der Waals surface area contributed by atoms with E-state index in [1.807, 2.05) is 12.1 Å². The summed E-state index contributed by atoms with van der Waals surface area (Å²) in [5.74, 6) is 0.836.